The number of nitrogens with zero attached hydrogens (tertiary/aromatic N) is 1. The quantitative estimate of drug-likeness (QED) is 0.793. The maximum absolute atomic E-state index is 13.5. The minimum atomic E-state index is -2.86. The highest BCUT2D eigenvalue weighted by Gasteiger charge is 2.60. The van der Waals surface area contributed by atoms with Gasteiger partial charge in [0.25, 0.3) is 5.92 Å². The predicted molar refractivity (Wildman–Crippen MR) is 91.7 cm³/mol. The van der Waals surface area contributed by atoms with Crippen molar-refractivity contribution in [1.82, 2.24) is 10.3 Å². The van der Waals surface area contributed by atoms with Crippen LogP contribution < -0.4 is 5.32 Å². The van der Waals surface area contributed by atoms with E-state index in [1.807, 2.05) is 0 Å². The first-order valence-corrected chi connectivity index (χ1v) is 8.58. The highest BCUT2D eigenvalue weighted by molar-refractivity contribution is 5.71. The topological polar surface area (TPSA) is 71.5 Å². The monoisotopic (exact) mass is 388 g/mol. The van der Waals surface area contributed by atoms with Crippen LogP contribution in [0.3, 0.4) is 0 Å². The largest absolute Gasteiger partial charge is 0.439 e. The highest BCUT2D eigenvalue weighted by Crippen LogP contribution is 2.50. The van der Waals surface area contributed by atoms with Crippen LogP contribution in [0.2, 0.25) is 0 Å². The number of pyridine rings is 1. The van der Waals surface area contributed by atoms with Gasteiger partial charge in [0.15, 0.2) is 6.10 Å². The van der Waals surface area contributed by atoms with E-state index in [1.165, 1.54) is 30.6 Å². The Morgan fingerprint density at radius 3 is 2.79 bits per heavy atom. The normalized spacial score (nSPS) is 25.9. The molecule has 1 amide bonds. The van der Waals surface area contributed by atoms with E-state index in [4.69, 9.17) is 4.74 Å². The number of rotatable bonds is 3. The molecule has 144 valence electrons. The summed E-state index contributed by atoms with van der Waals surface area (Å²) in [5.41, 5.74) is 1.42. The Hall–Kier alpha value is -3.05. The molecule has 5 nitrogen and oxygen atoms in total. The summed E-state index contributed by atoms with van der Waals surface area (Å²) in [7, 11) is 0. The number of alkyl halides is 2. The van der Waals surface area contributed by atoms with Gasteiger partial charge in [-0.2, -0.15) is 0 Å². The SMILES string of the molecule is O=C1N[C@H](c2cncc(C#CC(O)C3CC3(F)F)c2)[C@@H](c2cccc(F)c2)O1. The second-order valence-electron chi connectivity index (χ2n) is 6.80. The van der Waals surface area contributed by atoms with Crippen LogP contribution in [0.15, 0.2) is 42.7 Å². The Labute approximate surface area is 158 Å². The summed E-state index contributed by atoms with van der Waals surface area (Å²) in [6.07, 6.45) is -0.285. The van der Waals surface area contributed by atoms with Gasteiger partial charge in [-0.15, -0.1) is 0 Å². The van der Waals surface area contributed by atoms with Gasteiger partial charge < -0.3 is 15.2 Å². The number of alkyl carbamates (subject to hydrolysis) is 1. The second-order valence-corrected chi connectivity index (χ2v) is 6.80. The third-order valence-electron chi connectivity index (χ3n) is 4.73. The number of aromatic nitrogens is 1. The number of benzene rings is 1. The lowest BCUT2D eigenvalue weighted by Crippen LogP contribution is -2.20. The Balaban J connectivity index is 1.57. The average molecular weight is 388 g/mol. The zero-order valence-electron chi connectivity index (χ0n) is 14.4. The van der Waals surface area contributed by atoms with Gasteiger partial charge in [0, 0.05) is 24.4 Å². The van der Waals surface area contributed by atoms with Crippen LogP contribution in [0, 0.1) is 23.6 Å². The standard InChI is InChI=1S/C20H15F3N2O3/c21-14-3-1-2-12(7-14)18-17(25-19(27)28-18)13-6-11(9-24-10-13)4-5-16(26)15-8-20(15,22)23/h1-3,6-7,9-10,15-18,26H,8H2,(H,25,27)/t15?,16?,17-,18-/m1/s1. The van der Waals surface area contributed by atoms with Crippen LogP contribution in [0.25, 0.3) is 0 Å². The number of amides is 1. The number of nitrogens with one attached hydrogen (secondary N) is 1. The van der Waals surface area contributed by atoms with Crippen molar-refractivity contribution in [2.45, 2.75) is 30.6 Å². The fourth-order valence-electron chi connectivity index (χ4n) is 3.15. The molecule has 28 heavy (non-hydrogen) atoms. The Morgan fingerprint density at radius 1 is 1.29 bits per heavy atom. The van der Waals surface area contributed by atoms with E-state index < -0.39 is 42.0 Å². The van der Waals surface area contributed by atoms with Crippen molar-refractivity contribution in [2.24, 2.45) is 5.92 Å². The number of ether oxygens (including phenoxy) is 1. The van der Waals surface area contributed by atoms with Crippen molar-refractivity contribution in [2.75, 3.05) is 0 Å². The lowest BCUT2D eigenvalue weighted by molar-refractivity contribution is 0.0669. The predicted octanol–water partition coefficient (Wildman–Crippen LogP) is 3.11. The van der Waals surface area contributed by atoms with Crippen LogP contribution in [0.1, 0.15) is 35.3 Å². The molecule has 0 radical (unpaired) electrons. The fraction of sp³-hybridized carbons (Fsp3) is 0.300. The third kappa shape index (κ3) is 3.66. The van der Waals surface area contributed by atoms with E-state index >= 15 is 0 Å². The van der Waals surface area contributed by atoms with Crippen molar-refractivity contribution in [3.8, 4) is 11.8 Å². The number of carbonyl (C=O) groups is 1. The van der Waals surface area contributed by atoms with Crippen LogP contribution in [-0.2, 0) is 4.74 Å². The number of carbonyl (C=O) groups excluding carboxylic acids is 1. The smallest absolute Gasteiger partial charge is 0.408 e. The molecule has 1 saturated carbocycles. The van der Waals surface area contributed by atoms with Crippen molar-refractivity contribution in [3.05, 3.63) is 65.2 Å². The van der Waals surface area contributed by atoms with Gasteiger partial charge in [0.1, 0.15) is 18.0 Å². The second kappa shape index (κ2) is 6.84. The molecule has 2 aromatic rings. The van der Waals surface area contributed by atoms with Crippen LogP contribution >= 0.6 is 0 Å². The average Bonchev–Trinajstić information content (AvgIpc) is 3.13. The molecule has 1 aliphatic carbocycles. The van der Waals surface area contributed by atoms with Crippen LogP contribution in [-0.4, -0.2) is 28.2 Å². The van der Waals surface area contributed by atoms with Gasteiger partial charge in [-0.05, 0) is 29.3 Å². The lowest BCUT2D eigenvalue weighted by atomic mass is 9.97. The van der Waals surface area contributed by atoms with Gasteiger partial charge in [-0.3, -0.25) is 4.98 Å². The van der Waals surface area contributed by atoms with Crippen molar-refractivity contribution < 1.29 is 27.8 Å². The molecular formula is C20H15F3N2O3. The summed E-state index contributed by atoms with van der Waals surface area (Å²) < 4.78 is 44.8. The van der Waals surface area contributed by atoms with E-state index in [2.05, 4.69) is 22.1 Å². The Kier molecular flexibility index (Phi) is 4.47. The first kappa shape index (κ1) is 18.3. The number of hydrogen-bond donors (Lipinski definition) is 2. The Morgan fingerprint density at radius 2 is 2.07 bits per heavy atom. The van der Waals surface area contributed by atoms with Crippen molar-refractivity contribution >= 4 is 6.09 Å². The van der Waals surface area contributed by atoms with Crippen molar-refractivity contribution in [3.63, 3.8) is 0 Å². The maximum atomic E-state index is 13.5. The molecule has 2 N–H and O–H groups in total. The number of cyclic esters (lactones) is 1. The summed E-state index contributed by atoms with van der Waals surface area (Å²) in [4.78, 5) is 15.8. The minimum absolute atomic E-state index is 0.373. The van der Waals surface area contributed by atoms with E-state index in [0.717, 1.165) is 0 Å². The number of aliphatic hydroxyl groups excluding tert-OH is 1. The molecule has 1 saturated heterocycles. The lowest BCUT2D eigenvalue weighted by Gasteiger charge is -2.17. The van der Waals surface area contributed by atoms with Gasteiger partial charge in [-0.25, -0.2) is 18.0 Å². The molecule has 4 atom stereocenters. The summed E-state index contributed by atoms with van der Waals surface area (Å²) >= 11 is 0. The van der Waals surface area contributed by atoms with Gasteiger partial charge in [0.2, 0.25) is 0 Å². The van der Waals surface area contributed by atoms with Gasteiger partial charge in [0.05, 0.1) is 5.92 Å². The molecule has 0 spiro atoms. The third-order valence-corrected chi connectivity index (χ3v) is 4.73. The molecule has 1 aromatic carbocycles. The first-order valence-electron chi connectivity index (χ1n) is 8.58. The molecule has 1 aromatic heterocycles. The molecule has 2 heterocycles. The minimum Gasteiger partial charge on any atom is -0.439 e. The van der Waals surface area contributed by atoms with E-state index in [-0.39, 0.29) is 6.42 Å². The zero-order chi connectivity index (χ0) is 19.9. The van der Waals surface area contributed by atoms with Gasteiger partial charge >= 0.3 is 6.09 Å². The first-order chi connectivity index (χ1) is 13.3. The molecule has 8 heteroatoms. The number of hydrogen-bond acceptors (Lipinski definition) is 4. The van der Waals surface area contributed by atoms with E-state index in [9.17, 15) is 23.1 Å². The molecule has 2 aliphatic rings. The summed E-state index contributed by atoms with van der Waals surface area (Å²) in [6, 6.07) is 6.72. The van der Waals surface area contributed by atoms with Crippen molar-refractivity contribution in [1.29, 1.82) is 0 Å². The molecule has 2 unspecified atom stereocenters. The molecule has 0 bridgehead atoms. The molecule has 1 aliphatic heterocycles. The summed E-state index contributed by atoms with van der Waals surface area (Å²) in [5, 5.41) is 12.4. The number of aliphatic hydroxyl groups is 1. The Bertz CT molecular complexity index is 986. The van der Waals surface area contributed by atoms with Crippen LogP contribution in [0.4, 0.5) is 18.0 Å². The molecule has 4 rings (SSSR count). The maximum Gasteiger partial charge on any atom is 0.408 e. The molecule has 2 fully saturated rings. The number of halogens is 3. The molecular weight excluding hydrogens is 373 g/mol. The van der Waals surface area contributed by atoms with Crippen LogP contribution in [0.5, 0.6) is 0 Å². The summed E-state index contributed by atoms with van der Waals surface area (Å²) in [6.45, 7) is 0. The van der Waals surface area contributed by atoms with E-state index in [1.54, 1.807) is 12.1 Å². The highest BCUT2D eigenvalue weighted by atomic mass is 19.3. The summed E-state index contributed by atoms with van der Waals surface area (Å²) in [5.74, 6) is 0.582. The fourth-order valence-corrected chi connectivity index (χ4v) is 3.15. The zero-order valence-corrected chi connectivity index (χ0v) is 14.4. The van der Waals surface area contributed by atoms with E-state index in [0.29, 0.717) is 16.7 Å². The van der Waals surface area contributed by atoms with Gasteiger partial charge in [-0.1, -0.05) is 24.0 Å².